The van der Waals surface area contributed by atoms with E-state index in [1.165, 1.54) is 12.8 Å². The van der Waals surface area contributed by atoms with E-state index in [0.717, 1.165) is 40.6 Å². The number of ether oxygens (including phenoxy) is 1. The van der Waals surface area contributed by atoms with E-state index in [1.54, 1.807) is 7.11 Å². The predicted octanol–water partition coefficient (Wildman–Crippen LogP) is 4.46. The molecule has 0 aliphatic heterocycles. The fraction of sp³-hybridized carbons (Fsp3) is 0.750. The number of nitrogens with one attached hydrogen (secondary N) is 1. The maximum Gasteiger partial charge on any atom is 0.162 e. The summed E-state index contributed by atoms with van der Waals surface area (Å²) < 4.78 is 6.88. The largest absolute Gasteiger partial charge is 0.372 e. The lowest BCUT2D eigenvalue weighted by Gasteiger charge is -2.37. The molecular weight excluding hydrogens is 330 g/mol. The van der Waals surface area contributed by atoms with Crippen molar-refractivity contribution in [1.29, 1.82) is 0 Å². The van der Waals surface area contributed by atoms with Gasteiger partial charge in [-0.15, -0.1) is 0 Å². The van der Waals surface area contributed by atoms with Crippen LogP contribution in [0.25, 0.3) is 0 Å². The zero-order chi connectivity index (χ0) is 15.6. The normalized spacial score (nSPS) is 26.1. The highest BCUT2D eigenvalue weighted by Crippen LogP contribution is 2.42. The van der Waals surface area contributed by atoms with Gasteiger partial charge in [0.15, 0.2) is 5.82 Å². The Morgan fingerprint density at radius 2 is 1.90 bits per heavy atom. The lowest BCUT2D eigenvalue weighted by Crippen LogP contribution is -2.35. The van der Waals surface area contributed by atoms with Crippen LogP contribution >= 0.6 is 15.9 Å². The number of rotatable bonds is 4. The molecule has 5 heteroatoms. The van der Waals surface area contributed by atoms with Gasteiger partial charge in [0.2, 0.25) is 0 Å². The van der Waals surface area contributed by atoms with Crippen LogP contribution in [0.4, 0.5) is 5.82 Å². The maximum atomic E-state index is 5.92. The van der Waals surface area contributed by atoms with Crippen molar-refractivity contribution < 1.29 is 4.74 Å². The Morgan fingerprint density at radius 1 is 1.29 bits per heavy atom. The molecule has 1 N–H and O–H groups in total. The van der Waals surface area contributed by atoms with Crippen molar-refractivity contribution in [3.05, 3.63) is 16.0 Å². The van der Waals surface area contributed by atoms with E-state index >= 15 is 0 Å². The third-order valence-corrected chi connectivity index (χ3v) is 5.32. The van der Waals surface area contributed by atoms with Gasteiger partial charge < -0.3 is 10.1 Å². The third kappa shape index (κ3) is 3.24. The maximum absolute atomic E-state index is 5.92. The van der Waals surface area contributed by atoms with E-state index in [0.29, 0.717) is 5.92 Å². The highest BCUT2D eigenvalue weighted by atomic mass is 79.9. The van der Waals surface area contributed by atoms with Crippen LogP contribution in [0, 0.1) is 5.92 Å². The number of methoxy groups -OCH3 is 1. The first-order valence-corrected chi connectivity index (χ1v) is 8.53. The minimum atomic E-state index is -0.331. The number of anilines is 1. The molecule has 0 bridgehead atoms. The van der Waals surface area contributed by atoms with Gasteiger partial charge in [0.1, 0.15) is 11.4 Å². The molecule has 1 fully saturated rings. The Kier molecular flexibility index (Phi) is 5.25. The third-order valence-electron chi connectivity index (χ3n) is 4.54. The van der Waals surface area contributed by atoms with Crippen molar-refractivity contribution in [3.63, 3.8) is 0 Å². The highest BCUT2D eigenvalue weighted by molar-refractivity contribution is 9.10. The first kappa shape index (κ1) is 16.7. The average Bonchev–Trinajstić information content (AvgIpc) is 2.48. The quantitative estimate of drug-likeness (QED) is 0.866. The van der Waals surface area contributed by atoms with E-state index in [1.807, 2.05) is 7.05 Å². The number of halogens is 1. The summed E-state index contributed by atoms with van der Waals surface area (Å²) >= 11 is 3.62. The number of nitrogens with zero attached hydrogens (tertiary/aromatic N) is 2. The lowest BCUT2D eigenvalue weighted by molar-refractivity contribution is -0.0598. The molecule has 1 aromatic rings. The molecule has 1 heterocycles. The van der Waals surface area contributed by atoms with Gasteiger partial charge in [0.25, 0.3) is 0 Å². The van der Waals surface area contributed by atoms with Crippen molar-refractivity contribution in [2.45, 2.75) is 58.0 Å². The molecule has 2 rings (SSSR count). The summed E-state index contributed by atoms with van der Waals surface area (Å²) in [5.74, 6) is 2.77. The SMILES string of the molecule is CNc1nc(C2(OC)CCC(C)CC2)nc(C(C)C)c1Br. The van der Waals surface area contributed by atoms with E-state index in [9.17, 15) is 0 Å². The first-order valence-electron chi connectivity index (χ1n) is 7.74. The molecule has 1 aliphatic carbocycles. The van der Waals surface area contributed by atoms with Gasteiger partial charge in [-0.1, -0.05) is 20.8 Å². The van der Waals surface area contributed by atoms with Gasteiger partial charge in [0, 0.05) is 14.2 Å². The monoisotopic (exact) mass is 355 g/mol. The first-order chi connectivity index (χ1) is 9.93. The van der Waals surface area contributed by atoms with E-state index in [-0.39, 0.29) is 5.60 Å². The summed E-state index contributed by atoms with van der Waals surface area (Å²) in [7, 11) is 3.68. The molecule has 0 radical (unpaired) electrons. The van der Waals surface area contributed by atoms with Crippen LogP contribution in [0.1, 0.15) is 63.9 Å². The summed E-state index contributed by atoms with van der Waals surface area (Å²) in [6.07, 6.45) is 4.32. The Hall–Kier alpha value is -0.680. The molecule has 0 spiro atoms. The van der Waals surface area contributed by atoms with Crippen LogP contribution in [0.2, 0.25) is 0 Å². The van der Waals surface area contributed by atoms with Crippen LogP contribution in [-0.2, 0) is 10.3 Å². The summed E-state index contributed by atoms with van der Waals surface area (Å²) in [4.78, 5) is 9.58. The second kappa shape index (κ2) is 6.61. The minimum Gasteiger partial charge on any atom is -0.372 e. The molecule has 1 aromatic heterocycles. The summed E-state index contributed by atoms with van der Waals surface area (Å²) in [5.41, 5.74) is 0.710. The Morgan fingerprint density at radius 3 is 2.38 bits per heavy atom. The van der Waals surface area contributed by atoms with Crippen LogP contribution in [0.3, 0.4) is 0 Å². The molecule has 0 amide bonds. The number of hydrogen-bond donors (Lipinski definition) is 1. The summed E-state index contributed by atoms with van der Waals surface area (Å²) in [6.45, 7) is 6.61. The van der Waals surface area contributed by atoms with Crippen LogP contribution in [0.5, 0.6) is 0 Å². The van der Waals surface area contributed by atoms with Gasteiger partial charge >= 0.3 is 0 Å². The Bertz CT molecular complexity index is 497. The van der Waals surface area contributed by atoms with Gasteiger partial charge in [-0.3, -0.25) is 0 Å². The molecule has 1 saturated carbocycles. The summed E-state index contributed by atoms with van der Waals surface area (Å²) in [5, 5.41) is 3.17. The van der Waals surface area contributed by atoms with Crippen molar-refractivity contribution in [3.8, 4) is 0 Å². The fourth-order valence-electron chi connectivity index (χ4n) is 2.96. The zero-order valence-corrected chi connectivity index (χ0v) is 15.2. The van der Waals surface area contributed by atoms with Crippen LogP contribution < -0.4 is 5.32 Å². The Labute approximate surface area is 136 Å². The fourth-order valence-corrected chi connectivity index (χ4v) is 3.80. The second-order valence-corrected chi connectivity index (χ2v) is 7.17. The van der Waals surface area contributed by atoms with Crippen molar-refractivity contribution >= 4 is 21.7 Å². The second-order valence-electron chi connectivity index (χ2n) is 6.38. The molecule has 21 heavy (non-hydrogen) atoms. The minimum absolute atomic E-state index is 0.331. The van der Waals surface area contributed by atoms with Gasteiger partial charge in [-0.2, -0.15) is 0 Å². The molecule has 4 nitrogen and oxygen atoms in total. The predicted molar refractivity (Wildman–Crippen MR) is 89.7 cm³/mol. The summed E-state index contributed by atoms with van der Waals surface area (Å²) in [6, 6.07) is 0. The van der Waals surface area contributed by atoms with E-state index in [4.69, 9.17) is 14.7 Å². The zero-order valence-electron chi connectivity index (χ0n) is 13.7. The average molecular weight is 356 g/mol. The Balaban J connectivity index is 2.49. The van der Waals surface area contributed by atoms with Crippen LogP contribution in [-0.4, -0.2) is 24.1 Å². The van der Waals surface area contributed by atoms with Crippen molar-refractivity contribution in [1.82, 2.24) is 9.97 Å². The molecule has 1 aliphatic rings. The van der Waals surface area contributed by atoms with Crippen molar-refractivity contribution in [2.24, 2.45) is 5.92 Å². The topological polar surface area (TPSA) is 47.0 Å². The van der Waals surface area contributed by atoms with Gasteiger partial charge in [-0.05, 0) is 53.4 Å². The molecule has 0 unspecified atom stereocenters. The number of hydrogen-bond acceptors (Lipinski definition) is 4. The van der Waals surface area contributed by atoms with Gasteiger partial charge in [0.05, 0.1) is 10.2 Å². The lowest BCUT2D eigenvalue weighted by atomic mass is 9.79. The molecule has 0 aromatic carbocycles. The molecule has 118 valence electrons. The van der Waals surface area contributed by atoms with Crippen molar-refractivity contribution in [2.75, 3.05) is 19.5 Å². The smallest absolute Gasteiger partial charge is 0.162 e. The van der Waals surface area contributed by atoms with Crippen LogP contribution in [0.15, 0.2) is 4.47 Å². The van der Waals surface area contributed by atoms with Gasteiger partial charge in [-0.25, -0.2) is 9.97 Å². The molecular formula is C16H26BrN3O. The standard InChI is InChI=1S/C16H26BrN3O/c1-10(2)13-12(17)14(18-4)20-15(19-13)16(21-5)8-6-11(3)7-9-16/h10-11H,6-9H2,1-5H3,(H,18,19,20). The molecule has 0 atom stereocenters. The molecule has 0 saturated heterocycles. The number of aromatic nitrogens is 2. The van der Waals surface area contributed by atoms with E-state index in [2.05, 4.69) is 42.0 Å². The highest BCUT2D eigenvalue weighted by Gasteiger charge is 2.39. The van der Waals surface area contributed by atoms with E-state index < -0.39 is 0 Å².